The van der Waals surface area contributed by atoms with E-state index in [1.54, 1.807) is 0 Å². The quantitative estimate of drug-likeness (QED) is 0.905. The van der Waals surface area contributed by atoms with Gasteiger partial charge in [-0.05, 0) is 28.1 Å². The van der Waals surface area contributed by atoms with Gasteiger partial charge >= 0.3 is 12.3 Å². The molecule has 5 nitrogen and oxygen atoms in total. The molecule has 112 valence electrons. The summed E-state index contributed by atoms with van der Waals surface area (Å²) >= 11 is 3.01. The Labute approximate surface area is 125 Å². The van der Waals surface area contributed by atoms with E-state index in [4.69, 9.17) is 5.11 Å². The van der Waals surface area contributed by atoms with Crippen LogP contribution in [0.1, 0.15) is 10.5 Å². The van der Waals surface area contributed by atoms with Gasteiger partial charge in [0.15, 0.2) is 5.69 Å². The molecule has 0 amide bonds. The number of benzene rings is 1. The zero-order chi connectivity index (χ0) is 15.8. The van der Waals surface area contributed by atoms with Crippen molar-refractivity contribution in [3.63, 3.8) is 0 Å². The number of aromatic carboxylic acids is 1. The largest absolute Gasteiger partial charge is 0.573 e. The number of imidazole rings is 1. The van der Waals surface area contributed by atoms with Gasteiger partial charge in [-0.2, -0.15) is 0 Å². The van der Waals surface area contributed by atoms with E-state index in [0.717, 1.165) is 12.1 Å². The molecule has 0 fully saturated rings. The lowest BCUT2D eigenvalue weighted by Crippen LogP contribution is -2.17. The molecule has 0 saturated carbocycles. The van der Waals surface area contributed by atoms with Crippen LogP contribution in [-0.4, -0.2) is 27.0 Å². The predicted octanol–water partition coefficient (Wildman–Crippen LogP) is 3.45. The molecule has 1 aromatic heterocycles. The van der Waals surface area contributed by atoms with E-state index in [1.807, 2.05) is 0 Å². The third-order valence-corrected chi connectivity index (χ3v) is 3.13. The fourth-order valence-corrected chi connectivity index (χ4v) is 2.39. The Hall–Kier alpha value is -2.03. The molecule has 9 heteroatoms. The topological polar surface area (TPSA) is 64.4 Å². The fraction of sp³-hybridized carbons (Fsp3) is 0.167. The summed E-state index contributed by atoms with van der Waals surface area (Å²) in [5.74, 6) is -1.41. The van der Waals surface area contributed by atoms with Crippen LogP contribution in [-0.2, 0) is 7.05 Å². The van der Waals surface area contributed by atoms with Crippen LogP contribution in [0.15, 0.2) is 28.9 Å². The number of rotatable bonds is 3. The van der Waals surface area contributed by atoms with Crippen molar-refractivity contribution in [1.29, 1.82) is 0 Å². The van der Waals surface area contributed by atoms with Crippen LogP contribution in [0, 0.1) is 0 Å². The monoisotopic (exact) mass is 364 g/mol. The minimum absolute atomic E-state index is 0.0923. The fourth-order valence-electron chi connectivity index (χ4n) is 1.79. The molecule has 0 bridgehead atoms. The second-order valence-electron chi connectivity index (χ2n) is 4.01. The number of ether oxygens (including phenoxy) is 1. The Bertz CT molecular complexity index is 698. The van der Waals surface area contributed by atoms with Crippen LogP contribution in [0.3, 0.4) is 0 Å². The standard InChI is InChI=1S/C12H8BrF3N2O3/c1-18-8(11(19)20)9(13)17-10(18)6-3-2-4-7(5-6)21-12(14,15)16/h2-5H,1H3,(H,19,20). The van der Waals surface area contributed by atoms with Gasteiger partial charge in [0, 0.05) is 12.6 Å². The molecule has 0 aliphatic carbocycles. The second-order valence-corrected chi connectivity index (χ2v) is 4.77. The van der Waals surface area contributed by atoms with Gasteiger partial charge in [0.2, 0.25) is 0 Å². The number of alkyl halides is 3. The number of carboxylic acids is 1. The van der Waals surface area contributed by atoms with E-state index < -0.39 is 18.1 Å². The number of aromatic nitrogens is 2. The van der Waals surface area contributed by atoms with Gasteiger partial charge in [-0.25, -0.2) is 9.78 Å². The van der Waals surface area contributed by atoms with Crippen molar-refractivity contribution < 1.29 is 27.8 Å². The second kappa shape index (κ2) is 5.40. The summed E-state index contributed by atoms with van der Waals surface area (Å²) in [7, 11) is 1.45. The van der Waals surface area contributed by atoms with Gasteiger partial charge in [0.1, 0.15) is 16.2 Å². The highest BCUT2D eigenvalue weighted by Crippen LogP contribution is 2.29. The molecule has 0 atom stereocenters. The lowest BCUT2D eigenvalue weighted by molar-refractivity contribution is -0.274. The molecule has 0 aliphatic rings. The predicted molar refractivity (Wildman–Crippen MR) is 70.0 cm³/mol. The Balaban J connectivity index is 2.46. The summed E-state index contributed by atoms with van der Waals surface area (Å²) < 4.78 is 41.8. The van der Waals surface area contributed by atoms with E-state index in [0.29, 0.717) is 5.56 Å². The van der Waals surface area contributed by atoms with E-state index in [1.165, 1.54) is 23.7 Å². The SMILES string of the molecule is Cn1c(-c2cccc(OC(F)(F)F)c2)nc(Br)c1C(=O)O. The highest BCUT2D eigenvalue weighted by molar-refractivity contribution is 9.10. The van der Waals surface area contributed by atoms with E-state index in [2.05, 4.69) is 25.7 Å². The van der Waals surface area contributed by atoms with Crippen LogP contribution in [0.4, 0.5) is 13.2 Å². The number of carbonyl (C=O) groups is 1. The van der Waals surface area contributed by atoms with E-state index in [-0.39, 0.29) is 16.1 Å². The first-order valence-electron chi connectivity index (χ1n) is 5.50. The van der Waals surface area contributed by atoms with Gasteiger partial charge in [0.05, 0.1) is 0 Å². The summed E-state index contributed by atoms with van der Waals surface area (Å²) in [5.41, 5.74) is 0.194. The molecule has 0 spiro atoms. The molecule has 1 heterocycles. The van der Waals surface area contributed by atoms with E-state index >= 15 is 0 Å². The van der Waals surface area contributed by atoms with Crippen molar-refractivity contribution in [2.45, 2.75) is 6.36 Å². The zero-order valence-electron chi connectivity index (χ0n) is 10.5. The van der Waals surface area contributed by atoms with Gasteiger partial charge in [-0.1, -0.05) is 12.1 Å². The summed E-state index contributed by atoms with van der Waals surface area (Å²) in [4.78, 5) is 15.1. The van der Waals surface area contributed by atoms with Crippen molar-refractivity contribution >= 4 is 21.9 Å². The molecule has 0 saturated heterocycles. The summed E-state index contributed by atoms with van der Waals surface area (Å²) in [6.45, 7) is 0. The van der Waals surface area contributed by atoms with Crippen LogP contribution >= 0.6 is 15.9 Å². The Morgan fingerprint density at radius 2 is 2.10 bits per heavy atom. The smallest absolute Gasteiger partial charge is 0.476 e. The maximum Gasteiger partial charge on any atom is 0.573 e. The molecule has 0 unspecified atom stereocenters. The number of hydrogen-bond acceptors (Lipinski definition) is 3. The Morgan fingerprint density at radius 1 is 1.43 bits per heavy atom. The highest BCUT2D eigenvalue weighted by Gasteiger charge is 2.31. The van der Waals surface area contributed by atoms with Gasteiger partial charge < -0.3 is 14.4 Å². The maximum absolute atomic E-state index is 12.2. The number of halogens is 4. The lowest BCUT2D eigenvalue weighted by atomic mass is 10.2. The van der Waals surface area contributed by atoms with Gasteiger partial charge in [-0.15, -0.1) is 13.2 Å². The third kappa shape index (κ3) is 3.35. The van der Waals surface area contributed by atoms with Crippen molar-refractivity contribution in [1.82, 2.24) is 9.55 Å². The van der Waals surface area contributed by atoms with Crippen LogP contribution in [0.25, 0.3) is 11.4 Å². The minimum atomic E-state index is -4.80. The number of carboxylic acid groups (broad SMARTS) is 1. The van der Waals surface area contributed by atoms with Gasteiger partial charge in [0.25, 0.3) is 0 Å². The molecule has 21 heavy (non-hydrogen) atoms. The van der Waals surface area contributed by atoms with Crippen molar-refractivity contribution in [3.05, 3.63) is 34.6 Å². The number of nitrogens with zero attached hydrogens (tertiary/aromatic N) is 2. The van der Waals surface area contributed by atoms with Crippen LogP contribution in [0.2, 0.25) is 0 Å². The van der Waals surface area contributed by atoms with Crippen molar-refractivity contribution in [2.75, 3.05) is 0 Å². The molecule has 2 aromatic rings. The molecule has 1 N–H and O–H groups in total. The normalized spacial score (nSPS) is 11.5. The maximum atomic E-state index is 12.2. The zero-order valence-corrected chi connectivity index (χ0v) is 12.1. The lowest BCUT2D eigenvalue weighted by Gasteiger charge is -2.10. The molecule has 0 radical (unpaired) electrons. The summed E-state index contributed by atoms with van der Waals surface area (Å²) in [5, 5.41) is 9.05. The molecular weight excluding hydrogens is 357 g/mol. The van der Waals surface area contributed by atoms with E-state index in [9.17, 15) is 18.0 Å². The number of hydrogen-bond donors (Lipinski definition) is 1. The third-order valence-electron chi connectivity index (χ3n) is 2.58. The van der Waals surface area contributed by atoms with Crippen molar-refractivity contribution in [2.24, 2.45) is 7.05 Å². The first-order chi connectivity index (χ1) is 9.69. The molecule has 0 aliphatic heterocycles. The van der Waals surface area contributed by atoms with Crippen LogP contribution in [0.5, 0.6) is 5.75 Å². The van der Waals surface area contributed by atoms with Crippen LogP contribution < -0.4 is 4.74 Å². The summed E-state index contributed by atoms with van der Waals surface area (Å²) in [6.07, 6.45) is -4.80. The Morgan fingerprint density at radius 3 is 2.62 bits per heavy atom. The van der Waals surface area contributed by atoms with Gasteiger partial charge in [-0.3, -0.25) is 0 Å². The molecule has 1 aromatic carbocycles. The van der Waals surface area contributed by atoms with Crippen molar-refractivity contribution in [3.8, 4) is 17.1 Å². The Kier molecular flexibility index (Phi) is 3.95. The average Bonchev–Trinajstić information content (AvgIpc) is 2.63. The molecule has 2 rings (SSSR count). The first-order valence-corrected chi connectivity index (χ1v) is 6.30. The summed E-state index contributed by atoms with van der Waals surface area (Å²) in [6, 6.07) is 5.14. The minimum Gasteiger partial charge on any atom is -0.476 e. The molecular formula is C12H8BrF3N2O3. The average molecular weight is 365 g/mol. The first kappa shape index (κ1) is 15.4. The highest BCUT2D eigenvalue weighted by atomic mass is 79.9.